The Labute approximate surface area is 200 Å². The highest BCUT2D eigenvalue weighted by molar-refractivity contribution is 6.36. The Morgan fingerprint density at radius 3 is 2.53 bits per heavy atom. The summed E-state index contributed by atoms with van der Waals surface area (Å²) in [5.74, 6) is -3.54. The summed E-state index contributed by atoms with van der Waals surface area (Å²) < 4.78 is 54.2. The number of rotatable bonds is 2. The molecule has 1 fully saturated rings. The van der Waals surface area contributed by atoms with E-state index < -0.39 is 53.4 Å². The molecule has 182 valence electrons. The highest BCUT2D eigenvalue weighted by Crippen LogP contribution is 2.40. The van der Waals surface area contributed by atoms with E-state index in [1.807, 2.05) is 0 Å². The van der Waals surface area contributed by atoms with Gasteiger partial charge in [-0.05, 0) is 43.5 Å². The number of alkyl halides is 3. The van der Waals surface area contributed by atoms with Crippen molar-refractivity contribution < 1.29 is 37.4 Å². The van der Waals surface area contributed by atoms with E-state index in [1.54, 1.807) is 0 Å². The van der Waals surface area contributed by atoms with Crippen LogP contribution in [0, 0.1) is 12.7 Å². The van der Waals surface area contributed by atoms with Gasteiger partial charge in [0.1, 0.15) is 18.0 Å². The molecule has 13 heteroatoms. The van der Waals surface area contributed by atoms with Crippen molar-refractivity contribution in [1.29, 1.82) is 0 Å². The number of benzene rings is 1. The smallest absolute Gasteiger partial charge is 0.387 e. The minimum absolute atomic E-state index is 0.0700. The summed E-state index contributed by atoms with van der Waals surface area (Å²) in [6.07, 6.45) is -8.15. The topological polar surface area (TPSA) is 94.0 Å². The van der Waals surface area contributed by atoms with Gasteiger partial charge in [-0.15, -0.1) is 0 Å². The maximum absolute atomic E-state index is 14.2. The predicted octanol–water partition coefficient (Wildman–Crippen LogP) is 3.27. The second-order valence-electron chi connectivity index (χ2n) is 8.02. The van der Waals surface area contributed by atoms with Crippen LogP contribution in [0.5, 0.6) is 0 Å². The highest BCUT2D eigenvalue weighted by atomic mass is 35.5. The second kappa shape index (κ2) is 8.63. The molecular formula is C21H17Cl2F4N3O4. The molecule has 0 saturated carbocycles. The largest absolute Gasteiger partial charge is 0.416 e. The molecule has 1 aromatic heterocycles. The average molecular weight is 522 g/mol. The van der Waals surface area contributed by atoms with Crippen LogP contribution in [-0.2, 0) is 22.2 Å². The van der Waals surface area contributed by atoms with Crippen LogP contribution in [0.1, 0.15) is 23.2 Å². The van der Waals surface area contributed by atoms with Crippen LogP contribution < -0.4 is 9.80 Å². The molecule has 2 amide bonds. The van der Waals surface area contributed by atoms with E-state index >= 15 is 0 Å². The first kappa shape index (κ1) is 24.6. The van der Waals surface area contributed by atoms with Crippen molar-refractivity contribution in [3.63, 3.8) is 0 Å². The molecule has 1 saturated heterocycles. The zero-order valence-corrected chi connectivity index (χ0v) is 18.9. The van der Waals surface area contributed by atoms with Crippen molar-refractivity contribution in [2.75, 3.05) is 16.3 Å². The minimum atomic E-state index is -4.77. The first-order valence-electron chi connectivity index (χ1n) is 10.1. The lowest BCUT2D eigenvalue weighted by molar-refractivity contribution is -0.137. The molecule has 2 aliphatic heterocycles. The number of amides is 2. The Morgan fingerprint density at radius 2 is 1.88 bits per heavy atom. The lowest BCUT2D eigenvalue weighted by Gasteiger charge is -2.35. The summed E-state index contributed by atoms with van der Waals surface area (Å²) >= 11 is 11.9. The summed E-state index contributed by atoms with van der Waals surface area (Å²) in [4.78, 5) is 31.9. The van der Waals surface area contributed by atoms with Gasteiger partial charge in [-0.25, -0.2) is 9.37 Å². The minimum Gasteiger partial charge on any atom is -0.387 e. The van der Waals surface area contributed by atoms with Gasteiger partial charge in [-0.1, -0.05) is 23.2 Å². The molecule has 2 aromatic rings. The molecule has 0 spiro atoms. The first-order chi connectivity index (χ1) is 15.8. The highest BCUT2D eigenvalue weighted by Gasteiger charge is 2.53. The number of nitrogens with zero attached hydrogens (tertiary/aromatic N) is 3. The van der Waals surface area contributed by atoms with Crippen molar-refractivity contribution >= 4 is 46.5 Å². The van der Waals surface area contributed by atoms with E-state index in [0.717, 1.165) is 11.0 Å². The molecule has 2 N–H and O–H groups in total. The monoisotopic (exact) mass is 521 g/mol. The number of aliphatic hydroxyl groups is 2. The van der Waals surface area contributed by atoms with Crippen LogP contribution in [0.4, 0.5) is 29.1 Å². The fraction of sp³-hybridized carbons (Fsp3) is 0.381. The van der Waals surface area contributed by atoms with Gasteiger partial charge in [0.05, 0.1) is 21.3 Å². The summed E-state index contributed by atoms with van der Waals surface area (Å²) in [6.45, 7) is 1.34. The van der Waals surface area contributed by atoms with Crippen molar-refractivity contribution in [1.82, 2.24) is 4.98 Å². The van der Waals surface area contributed by atoms with Gasteiger partial charge in [-0.2, -0.15) is 13.2 Å². The Bertz CT molecular complexity index is 1190. The molecule has 0 unspecified atom stereocenters. The van der Waals surface area contributed by atoms with Gasteiger partial charge >= 0.3 is 6.18 Å². The van der Waals surface area contributed by atoms with E-state index in [2.05, 4.69) is 4.98 Å². The maximum Gasteiger partial charge on any atom is 0.416 e. The molecule has 0 radical (unpaired) electrons. The zero-order valence-electron chi connectivity index (χ0n) is 17.4. The number of aryl methyl sites for hydroxylation is 1. The van der Waals surface area contributed by atoms with Gasteiger partial charge in [0.25, 0.3) is 11.8 Å². The molecule has 2 aliphatic rings. The summed E-state index contributed by atoms with van der Waals surface area (Å²) in [5, 5.41) is 20.1. The molecule has 34 heavy (non-hydrogen) atoms. The summed E-state index contributed by atoms with van der Waals surface area (Å²) in [7, 11) is 0. The van der Waals surface area contributed by atoms with E-state index in [0.29, 0.717) is 23.8 Å². The van der Waals surface area contributed by atoms with Gasteiger partial charge < -0.3 is 15.1 Å². The predicted molar refractivity (Wildman–Crippen MR) is 114 cm³/mol. The van der Waals surface area contributed by atoms with Crippen LogP contribution in [0.3, 0.4) is 0 Å². The Kier molecular flexibility index (Phi) is 6.26. The normalized spacial score (nSPS) is 22.9. The molecule has 0 bridgehead atoms. The number of pyridine rings is 1. The average Bonchev–Trinajstić information content (AvgIpc) is 2.99. The number of carbonyl (C=O) groups excluding carboxylic acids is 2. The number of aromatic nitrogens is 1. The summed E-state index contributed by atoms with van der Waals surface area (Å²) in [6, 6.07) is 0.689. The fourth-order valence-electron chi connectivity index (χ4n) is 4.22. The zero-order chi connectivity index (χ0) is 25.1. The molecular weight excluding hydrogens is 505 g/mol. The first-order valence-corrected chi connectivity index (χ1v) is 10.8. The Hall–Kier alpha value is -2.47. The molecule has 3 heterocycles. The SMILES string of the molecule is Cc1cc(C(F)(F)F)cc(N2C(=O)[C@@H](O)[C@@H](O)[C@H]2C(=O)N2CCCc3c2cc(Cl)c(F)c3Cl)n1. The van der Waals surface area contributed by atoms with E-state index in [4.69, 9.17) is 23.2 Å². The second-order valence-corrected chi connectivity index (χ2v) is 8.80. The number of fused-ring (bicyclic) bond motifs is 1. The quantitative estimate of drug-likeness (QED) is 0.467. The molecule has 4 rings (SSSR count). The van der Waals surface area contributed by atoms with E-state index in [9.17, 15) is 37.4 Å². The molecule has 0 aliphatic carbocycles. The van der Waals surface area contributed by atoms with E-state index in [-0.39, 0.29) is 33.5 Å². The van der Waals surface area contributed by atoms with Crippen molar-refractivity contribution in [3.05, 3.63) is 50.9 Å². The molecule has 1 aromatic carbocycles. The third kappa shape index (κ3) is 4.00. The van der Waals surface area contributed by atoms with Crippen LogP contribution in [-0.4, -0.2) is 51.8 Å². The maximum atomic E-state index is 14.2. The number of anilines is 2. The summed E-state index contributed by atoms with van der Waals surface area (Å²) in [5.41, 5.74) is -0.803. The molecule has 3 atom stereocenters. The van der Waals surface area contributed by atoms with Crippen LogP contribution in [0.15, 0.2) is 18.2 Å². The lowest BCUT2D eigenvalue weighted by Crippen LogP contribution is -2.52. The molecule has 7 nitrogen and oxygen atoms in total. The lowest BCUT2D eigenvalue weighted by atomic mass is 9.99. The van der Waals surface area contributed by atoms with Gasteiger partial charge in [0, 0.05) is 12.2 Å². The standard InChI is InChI=1S/C21H17Cl2F4N3O4/c1-8-5-9(21(25,26)27)6-13(28-8)30-16(17(31)18(32)20(30)34)19(33)29-4-2-3-10-12(29)7-11(22)15(24)14(10)23/h5-7,16-18,31-32H,2-4H2,1H3/t16-,17-,18-/m0/s1. The Balaban J connectivity index is 1.81. The van der Waals surface area contributed by atoms with Crippen LogP contribution >= 0.6 is 23.2 Å². The number of aliphatic hydroxyl groups excluding tert-OH is 2. The third-order valence-electron chi connectivity index (χ3n) is 5.79. The van der Waals surface area contributed by atoms with Gasteiger partial charge in [0.15, 0.2) is 11.9 Å². The van der Waals surface area contributed by atoms with Crippen molar-refractivity contribution in [2.45, 2.75) is 44.2 Å². The number of carbonyl (C=O) groups is 2. The Morgan fingerprint density at radius 1 is 1.21 bits per heavy atom. The van der Waals surface area contributed by atoms with Crippen molar-refractivity contribution in [3.8, 4) is 0 Å². The van der Waals surface area contributed by atoms with Crippen LogP contribution in [0.2, 0.25) is 10.0 Å². The van der Waals surface area contributed by atoms with Crippen LogP contribution in [0.25, 0.3) is 0 Å². The fourth-order valence-corrected chi connectivity index (χ4v) is 4.76. The van der Waals surface area contributed by atoms with Gasteiger partial charge in [-0.3, -0.25) is 14.5 Å². The number of halogens is 6. The van der Waals surface area contributed by atoms with E-state index in [1.165, 1.54) is 13.0 Å². The van der Waals surface area contributed by atoms with Gasteiger partial charge in [0.2, 0.25) is 0 Å². The number of hydrogen-bond acceptors (Lipinski definition) is 5. The third-order valence-corrected chi connectivity index (χ3v) is 6.46. The van der Waals surface area contributed by atoms with Crippen molar-refractivity contribution in [2.24, 2.45) is 0 Å². The number of hydrogen-bond donors (Lipinski definition) is 2.